The highest BCUT2D eigenvalue weighted by Crippen LogP contribution is 2.18. The van der Waals surface area contributed by atoms with Gasteiger partial charge in [0.15, 0.2) is 0 Å². The van der Waals surface area contributed by atoms with Crippen molar-refractivity contribution in [2.24, 2.45) is 0 Å². The van der Waals surface area contributed by atoms with Crippen molar-refractivity contribution in [1.82, 2.24) is 10.2 Å². The average Bonchev–Trinajstić information content (AvgIpc) is 2.87. The van der Waals surface area contributed by atoms with Crippen molar-refractivity contribution in [2.45, 2.75) is 31.7 Å². The van der Waals surface area contributed by atoms with E-state index in [4.69, 9.17) is 0 Å². The summed E-state index contributed by atoms with van der Waals surface area (Å²) < 4.78 is 0. The van der Waals surface area contributed by atoms with E-state index in [-0.39, 0.29) is 11.9 Å². The normalized spacial score (nSPS) is 19.9. The van der Waals surface area contributed by atoms with Gasteiger partial charge in [-0.1, -0.05) is 30.3 Å². The van der Waals surface area contributed by atoms with Crippen LogP contribution in [0.4, 0.5) is 0 Å². The van der Waals surface area contributed by atoms with Gasteiger partial charge in [-0.05, 0) is 44.3 Å². The Bertz CT molecular complexity index is 377. The van der Waals surface area contributed by atoms with Gasteiger partial charge >= 0.3 is 0 Å². The van der Waals surface area contributed by atoms with E-state index in [9.17, 15) is 4.79 Å². The van der Waals surface area contributed by atoms with E-state index in [1.54, 1.807) is 7.05 Å². The number of nitrogens with zero attached hydrogens (tertiary/aromatic N) is 1. The van der Waals surface area contributed by atoms with Gasteiger partial charge in [-0.25, -0.2) is 0 Å². The summed E-state index contributed by atoms with van der Waals surface area (Å²) in [6.45, 7) is 2.08. The lowest BCUT2D eigenvalue weighted by molar-refractivity contribution is -0.124. The van der Waals surface area contributed by atoms with Crippen molar-refractivity contribution < 1.29 is 4.79 Å². The van der Waals surface area contributed by atoms with E-state index in [1.807, 2.05) is 6.07 Å². The summed E-state index contributed by atoms with van der Waals surface area (Å²) in [4.78, 5) is 14.0. The first-order valence-corrected chi connectivity index (χ1v) is 6.81. The van der Waals surface area contributed by atoms with E-state index in [0.717, 1.165) is 38.8 Å². The molecule has 0 unspecified atom stereocenters. The van der Waals surface area contributed by atoms with E-state index in [0.29, 0.717) is 0 Å². The predicted molar refractivity (Wildman–Crippen MR) is 73.4 cm³/mol. The monoisotopic (exact) mass is 246 g/mol. The number of benzene rings is 1. The minimum Gasteiger partial charge on any atom is -0.358 e. The molecule has 3 heteroatoms. The quantitative estimate of drug-likeness (QED) is 0.859. The number of hydrogen-bond donors (Lipinski definition) is 1. The molecule has 18 heavy (non-hydrogen) atoms. The molecule has 98 valence electrons. The van der Waals surface area contributed by atoms with Crippen LogP contribution in [0.25, 0.3) is 0 Å². The molecular formula is C15H22N2O. The van der Waals surface area contributed by atoms with Crippen LogP contribution in [-0.4, -0.2) is 37.0 Å². The lowest BCUT2D eigenvalue weighted by Crippen LogP contribution is -2.42. The van der Waals surface area contributed by atoms with Gasteiger partial charge in [0.2, 0.25) is 5.91 Å². The van der Waals surface area contributed by atoms with E-state index in [1.165, 1.54) is 5.56 Å². The number of aryl methyl sites for hydroxylation is 1. The molecule has 0 saturated carbocycles. The fourth-order valence-corrected chi connectivity index (χ4v) is 2.69. The maximum absolute atomic E-state index is 11.7. The van der Waals surface area contributed by atoms with Crippen molar-refractivity contribution in [3.8, 4) is 0 Å². The zero-order chi connectivity index (χ0) is 12.8. The Morgan fingerprint density at radius 2 is 2.17 bits per heavy atom. The third-order valence-electron chi connectivity index (χ3n) is 3.67. The zero-order valence-electron chi connectivity index (χ0n) is 11.1. The van der Waals surface area contributed by atoms with Crippen LogP contribution in [0, 0.1) is 0 Å². The van der Waals surface area contributed by atoms with E-state index < -0.39 is 0 Å². The molecule has 1 amide bonds. The first kappa shape index (κ1) is 13.1. The number of likely N-dealkylation sites (tertiary alicyclic amines) is 1. The summed E-state index contributed by atoms with van der Waals surface area (Å²) in [5.41, 5.74) is 1.38. The fraction of sp³-hybridized carbons (Fsp3) is 0.533. The minimum absolute atomic E-state index is 0.103. The first-order chi connectivity index (χ1) is 8.81. The molecule has 1 atom stereocenters. The molecule has 1 aliphatic heterocycles. The molecule has 2 rings (SSSR count). The highest BCUT2D eigenvalue weighted by Gasteiger charge is 2.29. The van der Waals surface area contributed by atoms with Crippen LogP contribution in [0.5, 0.6) is 0 Å². The molecule has 1 aromatic carbocycles. The molecule has 0 aromatic heterocycles. The standard InChI is InChI=1S/C15H22N2O/c1-16-15(18)14-10-6-12-17(14)11-5-9-13-7-3-2-4-8-13/h2-4,7-8,14H,5-6,9-12H2,1H3,(H,16,18)/t14-/m0/s1. The predicted octanol–water partition coefficient (Wildman–Crippen LogP) is 1.83. The summed E-state index contributed by atoms with van der Waals surface area (Å²) in [7, 11) is 1.73. The van der Waals surface area contributed by atoms with Gasteiger partial charge in [0.25, 0.3) is 0 Å². The minimum atomic E-state index is 0.103. The Hall–Kier alpha value is -1.35. The highest BCUT2D eigenvalue weighted by molar-refractivity contribution is 5.81. The Morgan fingerprint density at radius 1 is 1.39 bits per heavy atom. The fourth-order valence-electron chi connectivity index (χ4n) is 2.69. The van der Waals surface area contributed by atoms with Crippen molar-refractivity contribution in [3.05, 3.63) is 35.9 Å². The van der Waals surface area contributed by atoms with Crippen LogP contribution in [-0.2, 0) is 11.2 Å². The molecule has 3 nitrogen and oxygen atoms in total. The van der Waals surface area contributed by atoms with Crippen molar-refractivity contribution in [3.63, 3.8) is 0 Å². The molecule has 0 spiro atoms. The van der Waals surface area contributed by atoms with Crippen LogP contribution < -0.4 is 5.32 Å². The van der Waals surface area contributed by atoms with Gasteiger partial charge in [-0.15, -0.1) is 0 Å². The second-order valence-corrected chi connectivity index (χ2v) is 4.90. The maximum Gasteiger partial charge on any atom is 0.237 e. The second-order valence-electron chi connectivity index (χ2n) is 4.90. The molecule has 1 heterocycles. The van der Waals surface area contributed by atoms with Gasteiger partial charge in [0.1, 0.15) is 0 Å². The number of likely N-dealkylation sites (N-methyl/N-ethyl adjacent to an activating group) is 1. The summed E-state index contributed by atoms with van der Waals surface area (Å²) in [6.07, 6.45) is 4.36. The molecule has 1 aromatic rings. The number of carbonyl (C=O) groups is 1. The molecule has 0 aliphatic carbocycles. The van der Waals surface area contributed by atoms with Gasteiger partial charge in [-0.3, -0.25) is 9.69 Å². The lowest BCUT2D eigenvalue weighted by atomic mass is 10.1. The van der Waals surface area contributed by atoms with Crippen LogP contribution in [0.2, 0.25) is 0 Å². The molecule has 0 bridgehead atoms. The number of nitrogens with one attached hydrogen (secondary N) is 1. The van der Waals surface area contributed by atoms with Crippen LogP contribution >= 0.6 is 0 Å². The Kier molecular flexibility index (Phi) is 4.76. The van der Waals surface area contributed by atoms with Crippen molar-refractivity contribution >= 4 is 5.91 Å². The summed E-state index contributed by atoms with van der Waals surface area (Å²) in [5, 5.41) is 2.76. The third-order valence-corrected chi connectivity index (χ3v) is 3.67. The van der Waals surface area contributed by atoms with Gasteiger partial charge in [0.05, 0.1) is 6.04 Å². The number of amides is 1. The third kappa shape index (κ3) is 3.33. The zero-order valence-corrected chi connectivity index (χ0v) is 11.1. The summed E-state index contributed by atoms with van der Waals surface area (Å²) >= 11 is 0. The Morgan fingerprint density at radius 3 is 2.89 bits per heavy atom. The largest absolute Gasteiger partial charge is 0.358 e. The number of carbonyl (C=O) groups excluding carboxylic acids is 1. The topological polar surface area (TPSA) is 32.3 Å². The van der Waals surface area contributed by atoms with Crippen molar-refractivity contribution in [1.29, 1.82) is 0 Å². The van der Waals surface area contributed by atoms with Crippen molar-refractivity contribution in [2.75, 3.05) is 20.1 Å². The van der Waals surface area contributed by atoms with Crippen LogP contribution in [0.1, 0.15) is 24.8 Å². The van der Waals surface area contributed by atoms with E-state index in [2.05, 4.69) is 34.5 Å². The molecule has 1 N–H and O–H groups in total. The smallest absolute Gasteiger partial charge is 0.237 e. The first-order valence-electron chi connectivity index (χ1n) is 6.81. The molecular weight excluding hydrogens is 224 g/mol. The van der Waals surface area contributed by atoms with Gasteiger partial charge in [-0.2, -0.15) is 0 Å². The Labute approximate surface area is 109 Å². The van der Waals surface area contributed by atoms with Crippen LogP contribution in [0.3, 0.4) is 0 Å². The number of rotatable bonds is 5. The SMILES string of the molecule is CNC(=O)[C@@H]1CCCN1CCCc1ccccc1. The summed E-state index contributed by atoms with van der Waals surface area (Å²) in [6, 6.07) is 10.6. The van der Waals surface area contributed by atoms with Gasteiger partial charge < -0.3 is 5.32 Å². The maximum atomic E-state index is 11.7. The van der Waals surface area contributed by atoms with E-state index >= 15 is 0 Å². The molecule has 1 fully saturated rings. The molecule has 1 saturated heterocycles. The molecule has 1 aliphatic rings. The summed E-state index contributed by atoms with van der Waals surface area (Å²) in [5.74, 6) is 0.173. The number of hydrogen-bond acceptors (Lipinski definition) is 2. The van der Waals surface area contributed by atoms with Crippen LogP contribution in [0.15, 0.2) is 30.3 Å². The highest BCUT2D eigenvalue weighted by atomic mass is 16.2. The Balaban J connectivity index is 1.78. The molecule has 0 radical (unpaired) electrons. The lowest BCUT2D eigenvalue weighted by Gasteiger charge is -2.22. The average molecular weight is 246 g/mol. The van der Waals surface area contributed by atoms with Gasteiger partial charge in [0, 0.05) is 7.05 Å². The second kappa shape index (κ2) is 6.55.